The van der Waals surface area contributed by atoms with Crippen molar-refractivity contribution >= 4 is 0 Å². The number of aromatic hydroxyl groups is 1. The van der Waals surface area contributed by atoms with Gasteiger partial charge in [-0.05, 0) is 17.7 Å². The Bertz CT molecular complexity index is 1040. The molecule has 1 aliphatic heterocycles. The summed E-state index contributed by atoms with van der Waals surface area (Å²) in [5.41, 5.74) is 5.34. The molecule has 0 radical (unpaired) electrons. The van der Waals surface area contributed by atoms with Crippen molar-refractivity contribution in [3.63, 3.8) is 0 Å². The number of nitriles is 1. The largest absolute Gasteiger partial charge is 0.508 e. The Balaban J connectivity index is 2.44. The quantitative estimate of drug-likeness (QED) is 0.761. The van der Waals surface area contributed by atoms with Crippen molar-refractivity contribution in [3.8, 4) is 17.7 Å². The third-order valence-corrected chi connectivity index (χ3v) is 4.02. The lowest BCUT2D eigenvalue weighted by molar-refractivity contribution is 0.348. The molecule has 0 spiro atoms. The van der Waals surface area contributed by atoms with E-state index in [9.17, 15) is 20.0 Å². The molecule has 0 saturated heterocycles. The third-order valence-electron chi connectivity index (χ3n) is 4.02. The van der Waals surface area contributed by atoms with Crippen LogP contribution in [0.3, 0.4) is 0 Å². The number of hydrogen-bond acceptors (Lipinski definition) is 6. The number of nitrogens with two attached hydrogens (primary N) is 1. The summed E-state index contributed by atoms with van der Waals surface area (Å²) in [4.78, 5) is 24.8. The average molecular weight is 326 g/mol. The molecule has 8 heteroatoms. The van der Waals surface area contributed by atoms with E-state index in [1.54, 1.807) is 12.1 Å². The van der Waals surface area contributed by atoms with Gasteiger partial charge in [0.15, 0.2) is 0 Å². The first-order valence-electron chi connectivity index (χ1n) is 7.03. The second-order valence-corrected chi connectivity index (χ2v) is 5.44. The van der Waals surface area contributed by atoms with Crippen molar-refractivity contribution in [1.82, 2.24) is 9.13 Å². The van der Waals surface area contributed by atoms with E-state index >= 15 is 0 Å². The zero-order valence-electron chi connectivity index (χ0n) is 13.0. The molecule has 8 nitrogen and oxygen atoms in total. The highest BCUT2D eigenvalue weighted by atomic mass is 16.5. The van der Waals surface area contributed by atoms with Gasteiger partial charge >= 0.3 is 5.69 Å². The van der Waals surface area contributed by atoms with E-state index in [4.69, 9.17) is 10.5 Å². The number of allylic oxidation sites excluding steroid dienone is 1. The molecule has 0 fully saturated rings. The predicted molar refractivity (Wildman–Crippen MR) is 84.3 cm³/mol. The lowest BCUT2D eigenvalue weighted by atomic mass is 9.85. The van der Waals surface area contributed by atoms with Gasteiger partial charge in [-0.25, -0.2) is 4.79 Å². The molecule has 3 N–H and O–H groups in total. The van der Waals surface area contributed by atoms with Gasteiger partial charge in [-0.2, -0.15) is 5.26 Å². The highest BCUT2D eigenvalue weighted by Crippen LogP contribution is 2.39. The van der Waals surface area contributed by atoms with Crippen LogP contribution in [0.4, 0.5) is 0 Å². The van der Waals surface area contributed by atoms with Crippen molar-refractivity contribution in [2.45, 2.75) is 5.92 Å². The van der Waals surface area contributed by atoms with E-state index in [0.29, 0.717) is 5.56 Å². The minimum Gasteiger partial charge on any atom is -0.508 e. The van der Waals surface area contributed by atoms with Gasteiger partial charge in [0.25, 0.3) is 5.56 Å². The molecule has 2 aromatic rings. The van der Waals surface area contributed by atoms with Gasteiger partial charge in [0, 0.05) is 14.1 Å². The number of hydrogen-bond donors (Lipinski definition) is 2. The maximum absolute atomic E-state index is 12.7. The van der Waals surface area contributed by atoms with E-state index < -0.39 is 17.2 Å². The Labute approximate surface area is 136 Å². The molecular formula is C16H14N4O4. The smallest absolute Gasteiger partial charge is 0.333 e. The molecule has 1 aromatic heterocycles. The molecule has 24 heavy (non-hydrogen) atoms. The van der Waals surface area contributed by atoms with Crippen LogP contribution in [0.25, 0.3) is 0 Å². The van der Waals surface area contributed by atoms with Gasteiger partial charge in [0.1, 0.15) is 17.4 Å². The number of phenols is 1. The Morgan fingerprint density at radius 1 is 1.29 bits per heavy atom. The fourth-order valence-corrected chi connectivity index (χ4v) is 2.83. The number of benzene rings is 1. The number of phenolic OH excluding ortho intramolecular Hbond substituents is 1. The highest BCUT2D eigenvalue weighted by molar-refractivity contribution is 5.53. The zero-order valence-corrected chi connectivity index (χ0v) is 13.0. The first-order valence-corrected chi connectivity index (χ1v) is 7.03. The Kier molecular flexibility index (Phi) is 3.41. The third kappa shape index (κ3) is 2.06. The van der Waals surface area contributed by atoms with E-state index in [2.05, 4.69) is 0 Å². The van der Waals surface area contributed by atoms with Crippen LogP contribution in [0.1, 0.15) is 17.0 Å². The van der Waals surface area contributed by atoms with Crippen molar-refractivity contribution in [3.05, 3.63) is 67.7 Å². The molecule has 1 aliphatic rings. The summed E-state index contributed by atoms with van der Waals surface area (Å²) in [5.74, 6) is -1.04. The van der Waals surface area contributed by atoms with E-state index in [-0.39, 0.29) is 28.6 Å². The van der Waals surface area contributed by atoms with E-state index in [1.807, 2.05) is 6.07 Å². The van der Waals surface area contributed by atoms with Gasteiger partial charge in [-0.1, -0.05) is 12.1 Å². The normalized spacial score (nSPS) is 16.3. The van der Waals surface area contributed by atoms with Gasteiger partial charge in [0.2, 0.25) is 11.8 Å². The van der Waals surface area contributed by atoms with Crippen molar-refractivity contribution in [2.24, 2.45) is 19.8 Å². The maximum Gasteiger partial charge on any atom is 0.333 e. The Hall–Kier alpha value is -3.47. The van der Waals surface area contributed by atoms with Crippen molar-refractivity contribution in [1.29, 1.82) is 5.26 Å². The van der Waals surface area contributed by atoms with Gasteiger partial charge < -0.3 is 15.6 Å². The van der Waals surface area contributed by atoms with Gasteiger partial charge in [-0.3, -0.25) is 13.9 Å². The van der Waals surface area contributed by atoms with Gasteiger partial charge in [0.05, 0.1) is 11.5 Å². The van der Waals surface area contributed by atoms with Crippen LogP contribution >= 0.6 is 0 Å². The average Bonchev–Trinajstić information content (AvgIpc) is 2.57. The first kappa shape index (κ1) is 15.4. The number of aromatic nitrogens is 2. The van der Waals surface area contributed by atoms with Crippen LogP contribution in [0.15, 0.2) is 45.3 Å². The standard InChI is InChI=1S/C16H14N4O4/c1-19-14(22)12-11(8-4-3-5-9(21)6-8)10(7-17)13(18)24-15(12)20(2)16(19)23/h3-6,11,21H,18H2,1-2H3/t11-/m0/s1. The second-order valence-electron chi connectivity index (χ2n) is 5.44. The SMILES string of the molecule is Cn1c2c(c(=O)n(C)c1=O)[C@@H](c1cccc(O)c1)C(C#N)=C(N)O2. The van der Waals surface area contributed by atoms with Crippen LogP contribution < -0.4 is 21.7 Å². The lowest BCUT2D eigenvalue weighted by Crippen LogP contribution is -2.42. The minimum atomic E-state index is -0.837. The molecule has 0 saturated carbocycles. The molecule has 0 amide bonds. The zero-order chi connectivity index (χ0) is 17.6. The minimum absolute atomic E-state index is 0.00653. The summed E-state index contributed by atoms with van der Waals surface area (Å²) in [6, 6.07) is 8.13. The monoisotopic (exact) mass is 326 g/mol. The summed E-state index contributed by atoms with van der Waals surface area (Å²) in [5, 5.41) is 19.2. The first-order chi connectivity index (χ1) is 11.4. The predicted octanol–water partition coefficient (Wildman–Crippen LogP) is 0.00778. The molecule has 1 atom stereocenters. The molecule has 3 rings (SSSR count). The molecule has 2 heterocycles. The summed E-state index contributed by atoms with van der Waals surface area (Å²) >= 11 is 0. The number of rotatable bonds is 1. The van der Waals surface area contributed by atoms with E-state index in [0.717, 1.165) is 9.13 Å². The maximum atomic E-state index is 12.7. The molecule has 0 bridgehead atoms. The van der Waals surface area contributed by atoms with Gasteiger partial charge in [-0.15, -0.1) is 0 Å². The van der Waals surface area contributed by atoms with Crippen LogP contribution in [-0.2, 0) is 14.1 Å². The fourth-order valence-electron chi connectivity index (χ4n) is 2.83. The second kappa shape index (κ2) is 5.31. The summed E-state index contributed by atoms with van der Waals surface area (Å²) in [6.07, 6.45) is 0. The number of ether oxygens (including phenoxy) is 1. The molecule has 0 unspecified atom stereocenters. The summed E-state index contributed by atoms with van der Waals surface area (Å²) < 4.78 is 7.49. The molecule has 0 aliphatic carbocycles. The Morgan fingerprint density at radius 3 is 2.62 bits per heavy atom. The number of nitrogens with zero attached hydrogens (tertiary/aromatic N) is 3. The lowest BCUT2D eigenvalue weighted by Gasteiger charge is -2.27. The summed E-state index contributed by atoms with van der Waals surface area (Å²) in [6.45, 7) is 0. The van der Waals surface area contributed by atoms with Crippen LogP contribution in [0.5, 0.6) is 11.6 Å². The highest BCUT2D eigenvalue weighted by Gasteiger charge is 2.35. The topological polar surface area (TPSA) is 123 Å². The Morgan fingerprint density at radius 2 is 2.00 bits per heavy atom. The van der Waals surface area contributed by atoms with Crippen LogP contribution in [0, 0.1) is 11.3 Å². The number of fused-ring (bicyclic) bond motifs is 1. The van der Waals surface area contributed by atoms with Crippen molar-refractivity contribution < 1.29 is 9.84 Å². The molecular weight excluding hydrogens is 312 g/mol. The summed E-state index contributed by atoms with van der Waals surface area (Å²) in [7, 11) is 2.79. The fraction of sp³-hybridized carbons (Fsp3) is 0.188. The molecule has 122 valence electrons. The van der Waals surface area contributed by atoms with Crippen molar-refractivity contribution in [2.75, 3.05) is 0 Å². The molecule has 1 aromatic carbocycles. The van der Waals surface area contributed by atoms with E-state index in [1.165, 1.54) is 26.2 Å². The van der Waals surface area contributed by atoms with Crippen LogP contribution in [0.2, 0.25) is 0 Å². The van der Waals surface area contributed by atoms with Crippen LogP contribution in [-0.4, -0.2) is 14.2 Å².